The van der Waals surface area contributed by atoms with E-state index in [1.807, 2.05) is 19.1 Å². The summed E-state index contributed by atoms with van der Waals surface area (Å²) in [6, 6.07) is 11.9. The Labute approximate surface area is 185 Å². The zero-order valence-corrected chi connectivity index (χ0v) is 19.4. The zero-order valence-electron chi connectivity index (χ0n) is 17.0. The van der Waals surface area contributed by atoms with Crippen LogP contribution in [-0.2, 0) is 22.4 Å². The van der Waals surface area contributed by atoms with Crippen LogP contribution in [0.4, 0.5) is 4.39 Å². The summed E-state index contributed by atoms with van der Waals surface area (Å²) in [5.41, 5.74) is 1.48. The number of benzene rings is 2. The van der Waals surface area contributed by atoms with Crippen molar-refractivity contribution in [2.45, 2.75) is 38.4 Å². The van der Waals surface area contributed by atoms with Crippen molar-refractivity contribution < 1.29 is 22.1 Å². The summed E-state index contributed by atoms with van der Waals surface area (Å²) in [5.74, 6) is -0.302. The molecule has 1 unspecified atom stereocenters. The van der Waals surface area contributed by atoms with E-state index in [0.29, 0.717) is 15.8 Å². The number of rotatable bonds is 7. The molecule has 1 heterocycles. The topological polar surface area (TPSA) is 70.1 Å². The highest BCUT2D eigenvalue weighted by Crippen LogP contribution is 2.27. The lowest BCUT2D eigenvalue weighted by Gasteiger charge is -2.42. The molecular weight excluding hydrogens is 475 g/mol. The van der Waals surface area contributed by atoms with Crippen LogP contribution in [0, 0.1) is 5.82 Å². The fourth-order valence-corrected chi connectivity index (χ4v) is 4.83. The van der Waals surface area contributed by atoms with Crippen LogP contribution >= 0.6 is 15.9 Å². The summed E-state index contributed by atoms with van der Waals surface area (Å²) in [7, 11) is -4.17. The minimum atomic E-state index is -4.17. The van der Waals surface area contributed by atoms with Crippen LogP contribution in [0.15, 0.2) is 46.9 Å². The summed E-state index contributed by atoms with van der Waals surface area (Å²) in [6.07, 6.45) is -0.269. The highest BCUT2D eigenvalue weighted by atomic mass is 79.9. The van der Waals surface area contributed by atoms with Crippen LogP contribution in [0.2, 0.25) is 0 Å². The number of piperazine rings is 1. The number of nitrogens with zero attached hydrogens (tertiary/aromatic N) is 2. The van der Waals surface area contributed by atoms with Crippen molar-refractivity contribution in [1.29, 1.82) is 0 Å². The van der Waals surface area contributed by atoms with Gasteiger partial charge in [0.1, 0.15) is 23.5 Å². The van der Waals surface area contributed by atoms with E-state index in [9.17, 15) is 17.4 Å². The summed E-state index contributed by atoms with van der Waals surface area (Å²) >= 11 is 3.33. The number of hydrogen-bond donors (Lipinski definition) is 1. The summed E-state index contributed by atoms with van der Waals surface area (Å²) in [5, 5.41) is 0. The van der Waals surface area contributed by atoms with Gasteiger partial charge in [-0.2, -0.15) is 8.42 Å². The Bertz CT molecular complexity index is 971. The molecule has 2 aromatic carbocycles. The number of ether oxygens (including phenoxy) is 1. The number of halogens is 2. The summed E-state index contributed by atoms with van der Waals surface area (Å²) in [4.78, 5) is 4.55. The molecule has 0 spiro atoms. The fourth-order valence-electron chi connectivity index (χ4n) is 3.80. The maximum Gasteiger partial charge on any atom is 0.269 e. The molecule has 30 heavy (non-hydrogen) atoms. The molecule has 3 rings (SSSR count). The quantitative estimate of drug-likeness (QED) is 0.581. The van der Waals surface area contributed by atoms with E-state index in [-0.39, 0.29) is 18.1 Å². The molecule has 2 aromatic rings. The van der Waals surface area contributed by atoms with Gasteiger partial charge in [0.15, 0.2) is 0 Å². The van der Waals surface area contributed by atoms with Gasteiger partial charge in [-0.25, -0.2) is 4.39 Å². The third-order valence-electron chi connectivity index (χ3n) is 5.21. The molecule has 1 saturated heterocycles. The van der Waals surface area contributed by atoms with Gasteiger partial charge in [0.25, 0.3) is 10.1 Å². The van der Waals surface area contributed by atoms with Gasteiger partial charge in [-0.1, -0.05) is 28.1 Å². The average Bonchev–Trinajstić information content (AvgIpc) is 2.64. The van der Waals surface area contributed by atoms with Gasteiger partial charge in [0.05, 0.1) is 0 Å². The van der Waals surface area contributed by atoms with Crippen molar-refractivity contribution in [3.8, 4) is 5.75 Å². The Kier molecular flexibility index (Phi) is 7.52. The number of hydrogen-bond acceptors (Lipinski definition) is 5. The third kappa shape index (κ3) is 6.49. The van der Waals surface area contributed by atoms with Crippen LogP contribution in [0.5, 0.6) is 5.75 Å². The Morgan fingerprint density at radius 3 is 2.57 bits per heavy atom. The molecule has 164 valence electrons. The first-order valence-electron chi connectivity index (χ1n) is 9.73. The SMILES string of the molecule is CC(Oc1ccc(Br)cc1CS(=O)(=O)O)N1CCN(Cc2ccc(F)cc2)C[C@H]1C. The highest BCUT2D eigenvalue weighted by molar-refractivity contribution is 9.10. The van der Waals surface area contributed by atoms with Crippen LogP contribution in [-0.4, -0.2) is 54.7 Å². The third-order valence-corrected chi connectivity index (χ3v) is 6.38. The lowest BCUT2D eigenvalue weighted by Crippen LogP contribution is -2.55. The minimum absolute atomic E-state index is 0.217. The zero-order chi connectivity index (χ0) is 21.9. The molecule has 2 atom stereocenters. The van der Waals surface area contributed by atoms with E-state index in [2.05, 4.69) is 32.7 Å². The molecule has 0 aliphatic carbocycles. The Hall–Kier alpha value is -1.52. The Morgan fingerprint density at radius 1 is 1.23 bits per heavy atom. The van der Waals surface area contributed by atoms with Gasteiger partial charge in [0, 0.05) is 42.3 Å². The van der Waals surface area contributed by atoms with Gasteiger partial charge < -0.3 is 4.74 Å². The Morgan fingerprint density at radius 2 is 1.93 bits per heavy atom. The van der Waals surface area contributed by atoms with Crippen LogP contribution < -0.4 is 4.74 Å². The second-order valence-corrected chi connectivity index (χ2v) is 10.0. The maximum atomic E-state index is 13.1. The maximum absolute atomic E-state index is 13.1. The molecule has 0 amide bonds. The van der Waals surface area contributed by atoms with Gasteiger partial charge in [-0.3, -0.25) is 14.4 Å². The predicted molar refractivity (Wildman–Crippen MR) is 117 cm³/mol. The first-order chi connectivity index (χ1) is 14.1. The normalized spacial score (nSPS) is 19.6. The molecule has 0 saturated carbocycles. The van der Waals surface area contributed by atoms with Crippen molar-refractivity contribution in [3.05, 3.63) is 63.9 Å². The summed E-state index contributed by atoms with van der Waals surface area (Å²) in [6.45, 7) is 7.28. The van der Waals surface area contributed by atoms with Gasteiger partial charge in [-0.05, 0) is 49.7 Å². The molecular formula is C21H26BrFN2O4S. The van der Waals surface area contributed by atoms with Gasteiger partial charge in [-0.15, -0.1) is 0 Å². The first-order valence-corrected chi connectivity index (χ1v) is 12.1. The smallest absolute Gasteiger partial charge is 0.269 e. The Balaban J connectivity index is 1.63. The standard InChI is InChI=1S/C21H26BrFN2O4S/c1-15-12-24(13-17-3-6-20(23)7-4-17)9-10-25(15)16(2)29-21-8-5-19(22)11-18(21)14-30(26,27)28/h3-8,11,15-16H,9-10,12-14H2,1-2H3,(H,26,27,28)/t15-,16?/m1/s1. The molecule has 9 heteroatoms. The largest absolute Gasteiger partial charge is 0.475 e. The van der Waals surface area contributed by atoms with E-state index in [4.69, 9.17) is 4.74 Å². The van der Waals surface area contributed by atoms with E-state index in [1.54, 1.807) is 18.2 Å². The van der Waals surface area contributed by atoms with Crippen molar-refractivity contribution in [1.82, 2.24) is 9.80 Å². The summed E-state index contributed by atoms with van der Waals surface area (Å²) < 4.78 is 51.9. The lowest BCUT2D eigenvalue weighted by atomic mass is 10.1. The van der Waals surface area contributed by atoms with Gasteiger partial charge >= 0.3 is 0 Å². The van der Waals surface area contributed by atoms with Gasteiger partial charge in [0.2, 0.25) is 0 Å². The minimum Gasteiger partial charge on any atom is -0.475 e. The second kappa shape index (κ2) is 9.74. The molecule has 1 fully saturated rings. The first kappa shape index (κ1) is 23.1. The monoisotopic (exact) mass is 500 g/mol. The van der Waals surface area contributed by atoms with Crippen molar-refractivity contribution in [3.63, 3.8) is 0 Å². The molecule has 0 radical (unpaired) electrons. The second-order valence-electron chi connectivity index (χ2n) is 7.64. The highest BCUT2D eigenvalue weighted by Gasteiger charge is 2.29. The van der Waals surface area contributed by atoms with E-state index in [1.165, 1.54) is 12.1 Å². The lowest BCUT2D eigenvalue weighted by molar-refractivity contribution is -0.0308. The molecule has 0 aromatic heterocycles. The van der Waals surface area contributed by atoms with Crippen molar-refractivity contribution in [2.24, 2.45) is 0 Å². The fraction of sp³-hybridized carbons (Fsp3) is 0.429. The van der Waals surface area contributed by atoms with Crippen LogP contribution in [0.25, 0.3) is 0 Å². The van der Waals surface area contributed by atoms with Crippen molar-refractivity contribution in [2.75, 3.05) is 19.6 Å². The molecule has 6 nitrogen and oxygen atoms in total. The average molecular weight is 501 g/mol. The van der Waals surface area contributed by atoms with E-state index < -0.39 is 15.9 Å². The molecule has 1 N–H and O–H groups in total. The molecule has 1 aliphatic rings. The van der Waals surface area contributed by atoms with E-state index >= 15 is 0 Å². The van der Waals surface area contributed by atoms with E-state index in [0.717, 1.165) is 31.7 Å². The van der Waals surface area contributed by atoms with Crippen LogP contribution in [0.3, 0.4) is 0 Å². The molecule has 1 aliphatic heterocycles. The molecule has 0 bridgehead atoms. The van der Waals surface area contributed by atoms with Crippen LogP contribution in [0.1, 0.15) is 25.0 Å². The predicted octanol–water partition coefficient (Wildman–Crippen LogP) is 3.91. The van der Waals surface area contributed by atoms with Crippen molar-refractivity contribution >= 4 is 26.0 Å².